The highest BCUT2D eigenvalue weighted by Crippen LogP contribution is 2.22. The standard InChI is InChI=1S/C14H12N4O2/c1-8-5-10(16-17-13(8)14(19)20)9-3-4-12-11(6-9)15-7-18(12)2/h3-7H,1-2H3,(H,19,20). The third-order valence-corrected chi connectivity index (χ3v) is 3.21. The Bertz CT molecular complexity index is 823. The van der Waals surface area contributed by atoms with Crippen LogP contribution in [0.5, 0.6) is 0 Å². The molecule has 1 N–H and O–H groups in total. The minimum atomic E-state index is -1.07. The number of imidazole rings is 1. The zero-order valence-corrected chi connectivity index (χ0v) is 11.0. The second-order valence-corrected chi connectivity index (χ2v) is 4.63. The first kappa shape index (κ1) is 12.3. The molecule has 0 atom stereocenters. The van der Waals surface area contributed by atoms with Crippen molar-refractivity contribution in [2.45, 2.75) is 6.92 Å². The van der Waals surface area contributed by atoms with Gasteiger partial charge in [0.25, 0.3) is 0 Å². The number of benzene rings is 1. The molecule has 0 unspecified atom stereocenters. The maximum Gasteiger partial charge on any atom is 0.356 e. The first-order valence-corrected chi connectivity index (χ1v) is 6.05. The molecule has 6 heteroatoms. The summed E-state index contributed by atoms with van der Waals surface area (Å²) in [5.41, 5.74) is 3.97. The number of carboxylic acid groups (broad SMARTS) is 1. The predicted octanol–water partition coefficient (Wildman–Crippen LogP) is 2.04. The van der Waals surface area contributed by atoms with Crippen molar-refractivity contribution in [3.63, 3.8) is 0 Å². The Morgan fingerprint density at radius 1 is 1.25 bits per heavy atom. The summed E-state index contributed by atoms with van der Waals surface area (Å²) in [7, 11) is 1.93. The van der Waals surface area contributed by atoms with E-state index in [1.165, 1.54) is 0 Å². The van der Waals surface area contributed by atoms with Crippen LogP contribution in [0.3, 0.4) is 0 Å². The average Bonchev–Trinajstić information content (AvgIpc) is 2.79. The van der Waals surface area contributed by atoms with Crippen molar-refractivity contribution in [3.8, 4) is 11.3 Å². The largest absolute Gasteiger partial charge is 0.476 e. The van der Waals surface area contributed by atoms with E-state index in [-0.39, 0.29) is 5.69 Å². The third kappa shape index (κ3) is 1.91. The molecule has 100 valence electrons. The Labute approximate surface area is 114 Å². The molecule has 0 saturated carbocycles. The summed E-state index contributed by atoms with van der Waals surface area (Å²) >= 11 is 0. The molecule has 6 nitrogen and oxygen atoms in total. The van der Waals surface area contributed by atoms with Crippen LogP contribution in [0.15, 0.2) is 30.6 Å². The minimum Gasteiger partial charge on any atom is -0.476 e. The van der Waals surface area contributed by atoms with Gasteiger partial charge in [0.2, 0.25) is 0 Å². The van der Waals surface area contributed by atoms with Gasteiger partial charge in [0, 0.05) is 12.6 Å². The molecule has 0 aliphatic heterocycles. The van der Waals surface area contributed by atoms with Crippen LogP contribution in [0, 0.1) is 6.92 Å². The highest BCUT2D eigenvalue weighted by molar-refractivity contribution is 5.87. The molecule has 2 aromatic heterocycles. The number of hydrogen-bond acceptors (Lipinski definition) is 4. The quantitative estimate of drug-likeness (QED) is 0.769. The fourth-order valence-corrected chi connectivity index (χ4v) is 2.13. The normalized spacial score (nSPS) is 10.9. The minimum absolute atomic E-state index is 0.0207. The molecule has 1 aromatic carbocycles. The van der Waals surface area contributed by atoms with Gasteiger partial charge in [0.1, 0.15) is 0 Å². The molecule has 0 saturated heterocycles. The Kier molecular flexibility index (Phi) is 2.71. The second-order valence-electron chi connectivity index (χ2n) is 4.63. The van der Waals surface area contributed by atoms with Gasteiger partial charge < -0.3 is 9.67 Å². The Morgan fingerprint density at radius 2 is 2.05 bits per heavy atom. The van der Waals surface area contributed by atoms with Gasteiger partial charge in [-0.1, -0.05) is 6.07 Å². The molecular formula is C14H12N4O2. The Hall–Kier alpha value is -2.76. The smallest absolute Gasteiger partial charge is 0.356 e. The van der Waals surface area contributed by atoms with E-state index in [1.807, 2.05) is 29.8 Å². The molecule has 0 aliphatic carbocycles. The first-order valence-electron chi connectivity index (χ1n) is 6.05. The summed E-state index contributed by atoms with van der Waals surface area (Å²) in [6.45, 7) is 1.71. The van der Waals surface area contributed by atoms with Crippen LogP contribution < -0.4 is 0 Å². The molecule has 3 rings (SSSR count). The zero-order valence-electron chi connectivity index (χ0n) is 11.0. The summed E-state index contributed by atoms with van der Waals surface area (Å²) in [5.74, 6) is -1.07. The van der Waals surface area contributed by atoms with Crippen LogP contribution in [0.4, 0.5) is 0 Å². The van der Waals surface area contributed by atoms with Gasteiger partial charge in [-0.3, -0.25) is 0 Å². The lowest BCUT2D eigenvalue weighted by Crippen LogP contribution is -2.05. The van der Waals surface area contributed by atoms with Crippen molar-refractivity contribution in [2.24, 2.45) is 7.05 Å². The number of carboxylic acids is 1. The predicted molar refractivity (Wildman–Crippen MR) is 73.4 cm³/mol. The van der Waals surface area contributed by atoms with Gasteiger partial charge in [-0.05, 0) is 30.7 Å². The third-order valence-electron chi connectivity index (χ3n) is 3.21. The summed E-state index contributed by atoms with van der Waals surface area (Å²) in [4.78, 5) is 15.2. The molecular weight excluding hydrogens is 256 g/mol. The lowest BCUT2D eigenvalue weighted by Gasteiger charge is -2.04. The summed E-state index contributed by atoms with van der Waals surface area (Å²) in [6.07, 6.45) is 1.75. The molecule has 0 amide bonds. The van der Waals surface area contributed by atoms with Crippen molar-refractivity contribution in [3.05, 3.63) is 41.9 Å². The number of aryl methyl sites for hydroxylation is 2. The van der Waals surface area contributed by atoms with Crippen molar-refractivity contribution in [1.29, 1.82) is 0 Å². The first-order chi connectivity index (χ1) is 9.56. The van der Waals surface area contributed by atoms with Crippen LogP contribution in [0.25, 0.3) is 22.3 Å². The van der Waals surface area contributed by atoms with Gasteiger partial charge >= 0.3 is 5.97 Å². The van der Waals surface area contributed by atoms with Crippen LogP contribution in [-0.4, -0.2) is 30.8 Å². The van der Waals surface area contributed by atoms with Gasteiger partial charge in [-0.25, -0.2) is 9.78 Å². The van der Waals surface area contributed by atoms with E-state index in [2.05, 4.69) is 15.2 Å². The maximum atomic E-state index is 10.9. The maximum absolute atomic E-state index is 10.9. The fraction of sp³-hybridized carbons (Fsp3) is 0.143. The van der Waals surface area contributed by atoms with E-state index >= 15 is 0 Å². The second kappa shape index (κ2) is 4.41. The fourth-order valence-electron chi connectivity index (χ4n) is 2.13. The van der Waals surface area contributed by atoms with E-state index in [1.54, 1.807) is 19.3 Å². The highest BCUT2D eigenvalue weighted by atomic mass is 16.4. The van der Waals surface area contributed by atoms with E-state index in [4.69, 9.17) is 5.11 Å². The van der Waals surface area contributed by atoms with Gasteiger partial charge in [-0.15, -0.1) is 10.2 Å². The zero-order chi connectivity index (χ0) is 14.3. The highest BCUT2D eigenvalue weighted by Gasteiger charge is 2.12. The van der Waals surface area contributed by atoms with Crippen LogP contribution in [0.1, 0.15) is 16.1 Å². The molecule has 0 spiro atoms. The molecule has 2 heterocycles. The summed E-state index contributed by atoms with van der Waals surface area (Å²) in [6, 6.07) is 7.52. The number of carbonyl (C=O) groups is 1. The van der Waals surface area contributed by atoms with E-state index in [0.717, 1.165) is 16.6 Å². The summed E-state index contributed by atoms with van der Waals surface area (Å²) in [5, 5.41) is 16.7. The van der Waals surface area contributed by atoms with Gasteiger partial charge in [0.05, 0.1) is 23.1 Å². The van der Waals surface area contributed by atoms with Crippen LogP contribution in [0.2, 0.25) is 0 Å². The van der Waals surface area contributed by atoms with Crippen molar-refractivity contribution < 1.29 is 9.90 Å². The number of aromatic carboxylic acids is 1. The molecule has 0 radical (unpaired) electrons. The Morgan fingerprint density at radius 3 is 2.75 bits per heavy atom. The topological polar surface area (TPSA) is 80.9 Å². The molecule has 3 aromatic rings. The summed E-state index contributed by atoms with van der Waals surface area (Å²) < 4.78 is 1.93. The van der Waals surface area contributed by atoms with E-state index in [9.17, 15) is 4.79 Å². The number of rotatable bonds is 2. The van der Waals surface area contributed by atoms with Crippen molar-refractivity contribution in [1.82, 2.24) is 19.7 Å². The monoisotopic (exact) mass is 268 g/mol. The van der Waals surface area contributed by atoms with E-state index in [0.29, 0.717) is 11.3 Å². The average molecular weight is 268 g/mol. The van der Waals surface area contributed by atoms with Gasteiger partial charge in [0.15, 0.2) is 5.69 Å². The van der Waals surface area contributed by atoms with Crippen LogP contribution in [-0.2, 0) is 7.05 Å². The molecule has 0 bridgehead atoms. The number of hydrogen-bond donors (Lipinski definition) is 1. The van der Waals surface area contributed by atoms with Crippen LogP contribution >= 0.6 is 0 Å². The lowest BCUT2D eigenvalue weighted by molar-refractivity contribution is 0.0688. The SMILES string of the molecule is Cc1cc(-c2ccc3c(c2)ncn3C)nnc1C(=O)O. The lowest BCUT2D eigenvalue weighted by atomic mass is 10.1. The molecule has 0 aliphatic rings. The molecule has 0 fully saturated rings. The van der Waals surface area contributed by atoms with Gasteiger partial charge in [-0.2, -0.15) is 0 Å². The number of aromatic nitrogens is 4. The van der Waals surface area contributed by atoms with E-state index < -0.39 is 5.97 Å². The Balaban J connectivity index is 2.10. The van der Waals surface area contributed by atoms with Crippen molar-refractivity contribution in [2.75, 3.05) is 0 Å². The molecule has 20 heavy (non-hydrogen) atoms. The van der Waals surface area contributed by atoms with Crippen molar-refractivity contribution >= 4 is 17.0 Å². The number of nitrogens with zero attached hydrogens (tertiary/aromatic N) is 4. The number of fused-ring (bicyclic) bond motifs is 1.